The molecule has 1 saturated carbocycles. The average molecular weight is 278 g/mol. The van der Waals surface area contributed by atoms with Crippen molar-refractivity contribution < 1.29 is 4.79 Å². The van der Waals surface area contributed by atoms with Crippen LogP contribution >= 0.6 is 11.8 Å². The lowest BCUT2D eigenvalue weighted by atomic mass is 10.2. The number of nitrogens with one attached hydrogen (secondary N) is 2. The summed E-state index contributed by atoms with van der Waals surface area (Å²) in [5, 5.41) is 6.23. The lowest BCUT2D eigenvalue weighted by Gasteiger charge is -2.11. The van der Waals surface area contributed by atoms with Crippen molar-refractivity contribution in [1.29, 1.82) is 0 Å². The van der Waals surface area contributed by atoms with Crippen molar-refractivity contribution in [3.05, 3.63) is 29.8 Å². The first-order chi connectivity index (χ1) is 9.28. The van der Waals surface area contributed by atoms with Gasteiger partial charge in [-0.25, -0.2) is 0 Å². The summed E-state index contributed by atoms with van der Waals surface area (Å²) in [7, 11) is 1.94. The van der Waals surface area contributed by atoms with Crippen molar-refractivity contribution >= 4 is 17.7 Å². The number of rotatable bonds is 6. The van der Waals surface area contributed by atoms with Crippen LogP contribution in [-0.2, 0) is 11.3 Å². The molecule has 0 spiro atoms. The number of thioether (sulfide) groups is 1. The predicted molar refractivity (Wildman–Crippen MR) is 80.3 cm³/mol. The number of amides is 1. The minimum absolute atomic E-state index is 0.163. The van der Waals surface area contributed by atoms with Gasteiger partial charge in [0, 0.05) is 17.5 Å². The van der Waals surface area contributed by atoms with Crippen molar-refractivity contribution in [2.75, 3.05) is 12.8 Å². The van der Waals surface area contributed by atoms with E-state index in [1.54, 1.807) is 11.8 Å². The predicted octanol–water partition coefficient (Wildman–Crippen LogP) is 2.56. The second-order valence-corrected chi connectivity index (χ2v) is 6.06. The molecule has 1 fully saturated rings. The lowest BCUT2D eigenvalue weighted by Crippen LogP contribution is -2.33. The highest BCUT2D eigenvalue weighted by molar-refractivity contribution is 8.00. The van der Waals surface area contributed by atoms with E-state index in [4.69, 9.17) is 0 Å². The number of carbonyl (C=O) groups excluding carboxylic acids is 1. The molecule has 0 aliphatic heterocycles. The molecule has 0 radical (unpaired) electrons. The van der Waals surface area contributed by atoms with E-state index < -0.39 is 0 Å². The highest BCUT2D eigenvalue weighted by Gasteiger charge is 2.16. The minimum atomic E-state index is 0.163. The van der Waals surface area contributed by atoms with Crippen LogP contribution in [0.25, 0.3) is 0 Å². The summed E-state index contributed by atoms with van der Waals surface area (Å²) in [4.78, 5) is 13.0. The third-order valence-electron chi connectivity index (χ3n) is 3.39. The van der Waals surface area contributed by atoms with Crippen LogP contribution in [0.4, 0.5) is 0 Å². The van der Waals surface area contributed by atoms with Crippen molar-refractivity contribution in [3.8, 4) is 0 Å². The molecule has 2 rings (SSSR count). The molecule has 0 heterocycles. The van der Waals surface area contributed by atoms with Gasteiger partial charge in [0.1, 0.15) is 0 Å². The van der Waals surface area contributed by atoms with Crippen molar-refractivity contribution in [1.82, 2.24) is 10.6 Å². The van der Waals surface area contributed by atoms with Crippen LogP contribution in [0.15, 0.2) is 29.2 Å². The normalized spacial score (nSPS) is 15.6. The van der Waals surface area contributed by atoms with Crippen molar-refractivity contribution in [3.63, 3.8) is 0 Å². The molecule has 1 aliphatic rings. The Balaban J connectivity index is 1.73. The Labute approximate surface area is 119 Å². The second-order valence-electron chi connectivity index (χ2n) is 5.01. The summed E-state index contributed by atoms with van der Waals surface area (Å²) in [6.07, 6.45) is 4.81. The molecule has 3 nitrogen and oxygen atoms in total. The number of hydrogen-bond donors (Lipinski definition) is 2. The molecule has 1 aromatic rings. The third kappa shape index (κ3) is 4.88. The molecule has 0 bridgehead atoms. The van der Waals surface area contributed by atoms with E-state index in [1.165, 1.54) is 18.4 Å². The SMILES string of the molecule is CNCc1ccc(SCC(=O)NC2CCCC2)cc1. The first-order valence-electron chi connectivity index (χ1n) is 6.93. The Morgan fingerprint density at radius 2 is 1.95 bits per heavy atom. The Morgan fingerprint density at radius 3 is 2.58 bits per heavy atom. The van der Waals surface area contributed by atoms with E-state index in [2.05, 4.69) is 34.9 Å². The highest BCUT2D eigenvalue weighted by atomic mass is 32.2. The zero-order valence-corrected chi connectivity index (χ0v) is 12.3. The second kappa shape index (κ2) is 7.56. The summed E-state index contributed by atoms with van der Waals surface area (Å²) in [5.41, 5.74) is 1.27. The molecule has 0 saturated heterocycles. The fourth-order valence-corrected chi connectivity index (χ4v) is 3.11. The standard InChI is InChI=1S/C15H22N2OS/c1-16-10-12-6-8-14(9-7-12)19-11-15(18)17-13-4-2-3-5-13/h6-9,13,16H,2-5,10-11H2,1H3,(H,17,18). The van der Waals surface area contributed by atoms with E-state index in [9.17, 15) is 4.79 Å². The molecule has 104 valence electrons. The van der Waals surface area contributed by atoms with Crippen LogP contribution in [0.1, 0.15) is 31.2 Å². The maximum atomic E-state index is 11.8. The summed E-state index contributed by atoms with van der Waals surface area (Å²) in [5.74, 6) is 0.679. The molecular weight excluding hydrogens is 256 g/mol. The van der Waals surface area contributed by atoms with Gasteiger partial charge in [-0.1, -0.05) is 25.0 Å². The van der Waals surface area contributed by atoms with Gasteiger partial charge in [-0.3, -0.25) is 4.79 Å². The van der Waals surface area contributed by atoms with Crippen LogP contribution < -0.4 is 10.6 Å². The van der Waals surface area contributed by atoms with Gasteiger partial charge >= 0.3 is 0 Å². The zero-order valence-electron chi connectivity index (χ0n) is 11.4. The molecule has 1 amide bonds. The topological polar surface area (TPSA) is 41.1 Å². The van der Waals surface area contributed by atoms with E-state index in [0.717, 1.165) is 24.3 Å². The number of hydrogen-bond acceptors (Lipinski definition) is 3. The average Bonchev–Trinajstić information content (AvgIpc) is 2.91. The van der Waals surface area contributed by atoms with Crippen LogP contribution in [0, 0.1) is 0 Å². The molecule has 0 unspecified atom stereocenters. The molecule has 19 heavy (non-hydrogen) atoms. The van der Waals surface area contributed by atoms with Crippen LogP contribution in [0.2, 0.25) is 0 Å². The molecule has 0 atom stereocenters. The highest BCUT2D eigenvalue weighted by Crippen LogP contribution is 2.20. The molecule has 1 aromatic carbocycles. The van der Waals surface area contributed by atoms with Crippen LogP contribution in [0.5, 0.6) is 0 Å². The molecular formula is C15H22N2OS. The Hall–Kier alpha value is -1.00. The van der Waals surface area contributed by atoms with E-state index in [1.807, 2.05) is 7.05 Å². The van der Waals surface area contributed by atoms with Gasteiger partial charge < -0.3 is 10.6 Å². The number of carbonyl (C=O) groups is 1. The molecule has 4 heteroatoms. The van der Waals surface area contributed by atoms with E-state index in [-0.39, 0.29) is 5.91 Å². The minimum Gasteiger partial charge on any atom is -0.353 e. The summed E-state index contributed by atoms with van der Waals surface area (Å²) < 4.78 is 0. The maximum Gasteiger partial charge on any atom is 0.230 e. The van der Waals surface area contributed by atoms with Crippen LogP contribution in [-0.4, -0.2) is 24.7 Å². The first kappa shape index (κ1) is 14.4. The van der Waals surface area contributed by atoms with Crippen molar-refractivity contribution in [2.45, 2.75) is 43.2 Å². The first-order valence-corrected chi connectivity index (χ1v) is 7.92. The van der Waals surface area contributed by atoms with Crippen molar-refractivity contribution in [2.24, 2.45) is 0 Å². The van der Waals surface area contributed by atoms with Gasteiger partial charge in [0.15, 0.2) is 0 Å². The quantitative estimate of drug-likeness (QED) is 0.786. The van der Waals surface area contributed by atoms with E-state index >= 15 is 0 Å². The third-order valence-corrected chi connectivity index (χ3v) is 4.41. The van der Waals surface area contributed by atoms with Crippen LogP contribution in [0.3, 0.4) is 0 Å². The largest absolute Gasteiger partial charge is 0.353 e. The Morgan fingerprint density at radius 1 is 1.26 bits per heavy atom. The molecule has 1 aliphatic carbocycles. The summed E-state index contributed by atoms with van der Waals surface area (Å²) >= 11 is 1.61. The molecule has 2 N–H and O–H groups in total. The van der Waals surface area contributed by atoms with Gasteiger partial charge in [-0.05, 0) is 37.6 Å². The fraction of sp³-hybridized carbons (Fsp3) is 0.533. The molecule has 0 aromatic heterocycles. The van der Waals surface area contributed by atoms with Gasteiger partial charge in [0.05, 0.1) is 5.75 Å². The maximum absolute atomic E-state index is 11.8. The van der Waals surface area contributed by atoms with Gasteiger partial charge in [-0.2, -0.15) is 0 Å². The van der Waals surface area contributed by atoms with Gasteiger partial charge in [-0.15, -0.1) is 11.8 Å². The monoisotopic (exact) mass is 278 g/mol. The Kier molecular flexibility index (Phi) is 5.73. The Bertz CT molecular complexity index is 399. The van der Waals surface area contributed by atoms with Gasteiger partial charge in [0.25, 0.3) is 0 Å². The number of benzene rings is 1. The fourth-order valence-electron chi connectivity index (χ4n) is 2.40. The smallest absolute Gasteiger partial charge is 0.230 e. The van der Waals surface area contributed by atoms with Gasteiger partial charge in [0.2, 0.25) is 5.91 Å². The van der Waals surface area contributed by atoms with E-state index in [0.29, 0.717) is 11.8 Å². The zero-order chi connectivity index (χ0) is 13.5. The summed E-state index contributed by atoms with van der Waals surface area (Å²) in [6.45, 7) is 0.882. The summed E-state index contributed by atoms with van der Waals surface area (Å²) in [6, 6.07) is 8.80. The lowest BCUT2D eigenvalue weighted by molar-refractivity contribution is -0.119.